The molecule has 6 heteroatoms. The molecule has 1 atom stereocenters. The molecule has 1 aromatic heterocycles. The van der Waals surface area contributed by atoms with Gasteiger partial charge in [0.05, 0.1) is 5.56 Å². The number of thiophene rings is 1. The van der Waals surface area contributed by atoms with Crippen molar-refractivity contribution in [2.24, 2.45) is 5.92 Å². The minimum atomic E-state index is -0.255. The molecule has 1 aliphatic carbocycles. The van der Waals surface area contributed by atoms with Crippen LogP contribution in [0.25, 0.3) is 0 Å². The highest BCUT2D eigenvalue weighted by atomic mass is 32.1. The zero-order chi connectivity index (χ0) is 18.0. The maximum atomic E-state index is 12.3. The van der Waals surface area contributed by atoms with Crippen LogP contribution < -0.4 is 10.6 Å². The van der Waals surface area contributed by atoms with Gasteiger partial charge < -0.3 is 5.32 Å². The number of nitrogens with one attached hydrogen (secondary N) is 2. The van der Waals surface area contributed by atoms with E-state index in [1.54, 1.807) is 17.4 Å². The van der Waals surface area contributed by atoms with Gasteiger partial charge in [-0.1, -0.05) is 24.6 Å². The number of carbonyl (C=O) groups excluding carboxylic acids is 1. The molecular weight excluding hydrogens is 350 g/mol. The van der Waals surface area contributed by atoms with Crippen molar-refractivity contribution in [2.75, 3.05) is 5.32 Å². The van der Waals surface area contributed by atoms with Gasteiger partial charge in [0, 0.05) is 10.4 Å². The van der Waals surface area contributed by atoms with Crippen LogP contribution in [0.2, 0.25) is 0 Å². The van der Waals surface area contributed by atoms with Gasteiger partial charge in [-0.05, 0) is 62.0 Å². The molecule has 0 saturated heterocycles. The first-order chi connectivity index (χ1) is 12.0. The first kappa shape index (κ1) is 17.6. The molecule has 0 saturated carbocycles. The zero-order valence-corrected chi connectivity index (χ0v) is 15.8. The van der Waals surface area contributed by atoms with Crippen molar-refractivity contribution < 1.29 is 4.79 Å². The van der Waals surface area contributed by atoms with Gasteiger partial charge in [-0.3, -0.25) is 10.1 Å². The van der Waals surface area contributed by atoms with Crippen LogP contribution in [0.15, 0.2) is 24.3 Å². The lowest BCUT2D eigenvalue weighted by atomic mass is 9.89. The second kappa shape index (κ2) is 7.34. The lowest BCUT2D eigenvalue weighted by Crippen LogP contribution is -2.34. The predicted octanol–water partition coefficient (Wildman–Crippen LogP) is 4.18. The van der Waals surface area contributed by atoms with Crippen LogP contribution in [0, 0.1) is 24.2 Å². The first-order valence-corrected chi connectivity index (χ1v) is 9.44. The Labute approximate surface area is 156 Å². The monoisotopic (exact) mass is 369 g/mol. The van der Waals surface area contributed by atoms with E-state index in [1.807, 2.05) is 25.1 Å². The Balaban J connectivity index is 1.73. The van der Waals surface area contributed by atoms with Gasteiger partial charge in [-0.2, -0.15) is 5.26 Å². The standard InChI is InChI=1S/C19H19N3OS2/c1-11-4-3-5-13(8-11)17(23)21-19(24)22-18-15(10-20)14-7-6-12(2)9-16(14)25-18/h3-5,8,12H,6-7,9H2,1-2H3,(H2,21,22,23,24). The minimum absolute atomic E-state index is 0.217. The van der Waals surface area contributed by atoms with Crippen molar-refractivity contribution in [3.05, 3.63) is 51.4 Å². The van der Waals surface area contributed by atoms with E-state index in [0.29, 0.717) is 17.0 Å². The average Bonchev–Trinajstić information content (AvgIpc) is 2.90. The molecule has 1 aliphatic rings. The van der Waals surface area contributed by atoms with Gasteiger partial charge in [0.15, 0.2) is 5.11 Å². The zero-order valence-electron chi connectivity index (χ0n) is 14.2. The average molecular weight is 370 g/mol. The minimum Gasteiger partial charge on any atom is -0.323 e. The summed E-state index contributed by atoms with van der Waals surface area (Å²) in [7, 11) is 0. The van der Waals surface area contributed by atoms with Crippen molar-refractivity contribution in [2.45, 2.75) is 33.1 Å². The Morgan fingerprint density at radius 3 is 2.96 bits per heavy atom. The lowest BCUT2D eigenvalue weighted by Gasteiger charge is -2.17. The number of hydrogen-bond donors (Lipinski definition) is 2. The number of amides is 1. The second-order valence-corrected chi connectivity index (χ2v) is 7.96. The number of fused-ring (bicyclic) bond motifs is 1. The summed E-state index contributed by atoms with van der Waals surface area (Å²) in [5.41, 5.74) is 3.38. The van der Waals surface area contributed by atoms with Gasteiger partial charge in [-0.15, -0.1) is 11.3 Å². The van der Waals surface area contributed by atoms with Crippen molar-refractivity contribution in [3.8, 4) is 6.07 Å². The maximum absolute atomic E-state index is 12.3. The Kier molecular flexibility index (Phi) is 5.16. The first-order valence-electron chi connectivity index (χ1n) is 8.21. The second-order valence-electron chi connectivity index (χ2n) is 6.45. The molecule has 1 unspecified atom stereocenters. The van der Waals surface area contributed by atoms with Crippen molar-refractivity contribution in [1.82, 2.24) is 5.32 Å². The normalized spacial score (nSPS) is 15.8. The third-order valence-corrected chi connectivity index (χ3v) is 5.73. The van der Waals surface area contributed by atoms with E-state index >= 15 is 0 Å². The van der Waals surface area contributed by atoms with Crippen LogP contribution in [0.1, 0.15) is 45.3 Å². The summed E-state index contributed by atoms with van der Waals surface area (Å²) in [6, 6.07) is 9.62. The molecule has 1 heterocycles. The van der Waals surface area contributed by atoms with E-state index in [0.717, 1.165) is 35.4 Å². The molecule has 0 radical (unpaired) electrons. The third-order valence-electron chi connectivity index (χ3n) is 4.36. The topological polar surface area (TPSA) is 64.9 Å². The summed E-state index contributed by atoms with van der Waals surface area (Å²) in [6.07, 6.45) is 3.03. The van der Waals surface area contributed by atoms with E-state index in [9.17, 15) is 10.1 Å². The van der Waals surface area contributed by atoms with Crippen LogP contribution in [0.4, 0.5) is 5.00 Å². The summed E-state index contributed by atoms with van der Waals surface area (Å²) in [5, 5.41) is 16.2. The quantitative estimate of drug-likeness (QED) is 0.780. The van der Waals surface area contributed by atoms with E-state index in [4.69, 9.17) is 12.2 Å². The Morgan fingerprint density at radius 2 is 2.24 bits per heavy atom. The molecular formula is C19H19N3OS2. The van der Waals surface area contributed by atoms with Crippen LogP contribution >= 0.6 is 23.6 Å². The maximum Gasteiger partial charge on any atom is 0.257 e. The van der Waals surface area contributed by atoms with E-state index in [2.05, 4.69) is 23.6 Å². The largest absolute Gasteiger partial charge is 0.323 e. The molecule has 1 amide bonds. The van der Waals surface area contributed by atoms with E-state index < -0.39 is 0 Å². The van der Waals surface area contributed by atoms with Gasteiger partial charge in [0.2, 0.25) is 0 Å². The van der Waals surface area contributed by atoms with Gasteiger partial charge in [-0.25, -0.2) is 0 Å². The number of nitrogens with zero attached hydrogens (tertiary/aromatic N) is 1. The van der Waals surface area contributed by atoms with Crippen LogP contribution in [-0.4, -0.2) is 11.0 Å². The molecule has 1 aromatic carbocycles. The fourth-order valence-electron chi connectivity index (χ4n) is 3.05. The molecule has 128 valence electrons. The molecule has 0 fully saturated rings. The molecule has 4 nitrogen and oxygen atoms in total. The number of thiocarbonyl (C=S) groups is 1. The van der Waals surface area contributed by atoms with Gasteiger partial charge in [0.1, 0.15) is 11.1 Å². The number of hydrogen-bond acceptors (Lipinski definition) is 4. The highest BCUT2D eigenvalue weighted by molar-refractivity contribution is 7.80. The Morgan fingerprint density at radius 1 is 1.44 bits per heavy atom. The van der Waals surface area contributed by atoms with Crippen LogP contribution in [-0.2, 0) is 12.8 Å². The van der Waals surface area contributed by atoms with Crippen LogP contribution in [0.3, 0.4) is 0 Å². The van der Waals surface area contributed by atoms with Crippen molar-refractivity contribution in [1.29, 1.82) is 5.26 Å². The van der Waals surface area contributed by atoms with Gasteiger partial charge >= 0.3 is 0 Å². The third kappa shape index (κ3) is 3.89. The van der Waals surface area contributed by atoms with Crippen LogP contribution in [0.5, 0.6) is 0 Å². The summed E-state index contributed by atoms with van der Waals surface area (Å²) < 4.78 is 0. The number of nitriles is 1. The predicted molar refractivity (Wildman–Crippen MR) is 105 cm³/mol. The summed E-state index contributed by atoms with van der Waals surface area (Å²) >= 11 is 6.84. The summed E-state index contributed by atoms with van der Waals surface area (Å²) in [6.45, 7) is 4.16. The number of benzene rings is 1. The number of carbonyl (C=O) groups is 1. The smallest absolute Gasteiger partial charge is 0.257 e. The lowest BCUT2D eigenvalue weighted by molar-refractivity contribution is 0.0977. The van der Waals surface area contributed by atoms with Gasteiger partial charge in [0.25, 0.3) is 5.91 Å². The van der Waals surface area contributed by atoms with E-state index in [1.165, 1.54) is 4.88 Å². The molecule has 0 bridgehead atoms. The summed E-state index contributed by atoms with van der Waals surface area (Å²) in [5.74, 6) is 0.383. The molecule has 0 aliphatic heterocycles. The Hall–Kier alpha value is -2.23. The summed E-state index contributed by atoms with van der Waals surface area (Å²) in [4.78, 5) is 13.5. The van der Waals surface area contributed by atoms with Crippen molar-refractivity contribution >= 4 is 39.6 Å². The highest BCUT2D eigenvalue weighted by Gasteiger charge is 2.24. The number of anilines is 1. The van der Waals surface area contributed by atoms with Crippen molar-refractivity contribution in [3.63, 3.8) is 0 Å². The molecule has 3 rings (SSSR count). The fraction of sp³-hybridized carbons (Fsp3) is 0.316. The number of rotatable bonds is 2. The molecule has 2 N–H and O–H groups in total. The fourth-order valence-corrected chi connectivity index (χ4v) is 4.68. The van der Waals surface area contributed by atoms with E-state index in [-0.39, 0.29) is 11.0 Å². The molecule has 25 heavy (non-hydrogen) atoms. The molecule has 0 spiro atoms. The highest BCUT2D eigenvalue weighted by Crippen LogP contribution is 2.39. The number of aryl methyl sites for hydroxylation is 1. The SMILES string of the molecule is Cc1cccc(C(=O)NC(=S)Nc2sc3c(c2C#N)CCC(C)C3)c1. The Bertz CT molecular complexity index is 879. The molecule has 2 aromatic rings.